The molecule has 0 aromatic heterocycles. The first-order chi connectivity index (χ1) is 37.3. The van der Waals surface area contributed by atoms with Gasteiger partial charge in [0.1, 0.15) is 47.9 Å². The molecule has 26 nitrogen and oxygen atoms in total. The third kappa shape index (κ3) is 33.7. The van der Waals surface area contributed by atoms with Crippen LogP contribution in [0.4, 0.5) is 19.2 Å². The largest absolute Gasteiger partial charge is 0.444 e. The number of carbonyl (C=O) groups excluding carboxylic acids is 11. The fourth-order valence-electron chi connectivity index (χ4n) is 8.02. The third-order valence-electron chi connectivity index (χ3n) is 12.2. The maximum atomic E-state index is 13.8. The van der Waals surface area contributed by atoms with Crippen molar-refractivity contribution in [2.24, 2.45) is 41.2 Å². The molecule has 0 saturated carbocycles. The smallest absolute Gasteiger partial charge is 0.408 e. The van der Waals surface area contributed by atoms with Crippen molar-refractivity contribution in [3.05, 3.63) is 0 Å². The lowest BCUT2D eigenvalue weighted by molar-refractivity contribution is -0.135. The van der Waals surface area contributed by atoms with Crippen LogP contribution < -0.4 is 74.9 Å². The number of primary amides is 1. The molecule has 466 valence electrons. The standard InChI is InChI=1S/C55H104N14O12/c1-28(2)20-38(26-57-51(56)77)64-53(79)58-25-34(13)60-52(78)59-27-43(33(11)12)68-50(76)41(23-31(7)8)67-46(72)36(15)62-48(74)39(21-29(3)4)65-44(70)35(14)61-47(73)40(22-30(5)6)66-45(71)37(16)63-49(75)42(24-32(9)10)69-54(80)81-55(17,18)19/h28-43H,20-27H2,1-19H3,(H,61,73)(H,62,74)(H,63,75)(H,65,70)(H,66,71)(H,67,72)(H,68,76)(H,69,80)(H3,56,57,77)(H2,58,64,79)(H2,59,60,78)/t34-,35-,36-,37-,38-,39-,40-,41-,42-,43+/m0/s1. The van der Waals surface area contributed by atoms with E-state index >= 15 is 0 Å². The van der Waals surface area contributed by atoms with E-state index in [1.807, 2.05) is 83.1 Å². The van der Waals surface area contributed by atoms with Crippen LogP contribution >= 0.6 is 0 Å². The number of hydrogen-bond donors (Lipinski definition) is 14. The predicted molar refractivity (Wildman–Crippen MR) is 310 cm³/mol. The van der Waals surface area contributed by atoms with E-state index in [0.717, 1.165) is 0 Å². The minimum Gasteiger partial charge on any atom is -0.444 e. The summed E-state index contributed by atoms with van der Waals surface area (Å²) in [6.07, 6.45) is 0.606. The van der Waals surface area contributed by atoms with Gasteiger partial charge in [0.25, 0.3) is 0 Å². The van der Waals surface area contributed by atoms with Crippen molar-refractivity contribution in [1.82, 2.24) is 69.1 Å². The Morgan fingerprint density at radius 2 is 0.704 bits per heavy atom. The molecule has 0 radical (unpaired) electrons. The summed E-state index contributed by atoms with van der Waals surface area (Å²) in [6, 6.07) is -11.0. The van der Waals surface area contributed by atoms with Crippen LogP contribution in [-0.4, -0.2) is 151 Å². The number of nitrogens with two attached hydrogens (primary N) is 1. The molecule has 15 N–H and O–H groups in total. The van der Waals surface area contributed by atoms with E-state index in [9.17, 15) is 52.7 Å². The predicted octanol–water partition coefficient (Wildman–Crippen LogP) is 2.24. The number of amides is 14. The zero-order valence-electron chi connectivity index (χ0n) is 51.9. The van der Waals surface area contributed by atoms with Crippen molar-refractivity contribution in [3.63, 3.8) is 0 Å². The highest BCUT2D eigenvalue weighted by molar-refractivity contribution is 5.97. The molecule has 0 aliphatic heterocycles. The highest BCUT2D eigenvalue weighted by Crippen LogP contribution is 2.13. The summed E-state index contributed by atoms with van der Waals surface area (Å²) in [5.74, 6) is -4.81. The van der Waals surface area contributed by atoms with Gasteiger partial charge in [-0.1, -0.05) is 83.1 Å². The molecule has 0 heterocycles. The molecular weight excluding hydrogens is 1050 g/mol. The number of hydrogen-bond acceptors (Lipinski definition) is 12. The Morgan fingerprint density at radius 3 is 1.04 bits per heavy atom. The molecule has 0 rings (SSSR count). The lowest BCUT2D eigenvalue weighted by Gasteiger charge is -2.28. The normalized spacial score (nSPS) is 15.3. The molecule has 0 bridgehead atoms. The quantitative estimate of drug-likeness (QED) is 0.0441. The van der Waals surface area contributed by atoms with E-state index < -0.39 is 126 Å². The molecule has 0 aliphatic rings. The van der Waals surface area contributed by atoms with E-state index in [-0.39, 0.29) is 86.9 Å². The Kier molecular flexibility index (Phi) is 33.7. The van der Waals surface area contributed by atoms with E-state index in [4.69, 9.17) is 10.5 Å². The van der Waals surface area contributed by atoms with Crippen molar-refractivity contribution < 1.29 is 57.5 Å². The van der Waals surface area contributed by atoms with Crippen LogP contribution in [0.5, 0.6) is 0 Å². The van der Waals surface area contributed by atoms with Gasteiger partial charge in [0.15, 0.2) is 0 Å². The van der Waals surface area contributed by atoms with Crippen LogP contribution in [0.15, 0.2) is 0 Å². The molecule has 0 unspecified atom stereocenters. The second-order valence-corrected chi connectivity index (χ2v) is 24.6. The third-order valence-corrected chi connectivity index (χ3v) is 12.2. The second-order valence-electron chi connectivity index (χ2n) is 24.6. The SMILES string of the molecule is CC(C)C[C@@H](CNC(N)=O)NC(=O)NC[C@H](C)NC(=O)NC[C@@H](NC(=O)[C@H](CC(C)C)NC(=O)[C@H](C)NC(=O)[C@H](CC(C)C)NC(=O)[C@H](C)NC(=O)[C@H](CC(C)C)NC(=O)[C@H](C)NC(=O)[C@H](CC(C)C)NC(=O)OC(C)(C)C)C(C)C. The van der Waals surface area contributed by atoms with Crippen molar-refractivity contribution in [2.75, 3.05) is 19.6 Å². The summed E-state index contributed by atoms with van der Waals surface area (Å²) in [6.45, 7) is 33.8. The maximum Gasteiger partial charge on any atom is 0.408 e. The highest BCUT2D eigenvalue weighted by Gasteiger charge is 2.34. The van der Waals surface area contributed by atoms with Gasteiger partial charge in [-0.3, -0.25) is 33.6 Å². The number of nitrogens with one attached hydrogen (secondary N) is 13. The van der Waals surface area contributed by atoms with Gasteiger partial charge in [-0.25, -0.2) is 19.2 Å². The first-order valence-corrected chi connectivity index (χ1v) is 28.5. The lowest BCUT2D eigenvalue weighted by atomic mass is 10.00. The lowest BCUT2D eigenvalue weighted by Crippen LogP contribution is -2.59. The van der Waals surface area contributed by atoms with Gasteiger partial charge < -0.3 is 79.6 Å². The number of urea groups is 3. The zero-order valence-corrected chi connectivity index (χ0v) is 51.9. The molecular formula is C55H104N14O12. The van der Waals surface area contributed by atoms with Gasteiger partial charge in [0.2, 0.25) is 41.4 Å². The fourth-order valence-corrected chi connectivity index (χ4v) is 8.02. The first-order valence-electron chi connectivity index (χ1n) is 28.5. The summed E-state index contributed by atoms with van der Waals surface area (Å²) in [4.78, 5) is 145. The van der Waals surface area contributed by atoms with Crippen LogP contribution in [0, 0.1) is 35.5 Å². The average Bonchev–Trinajstić information content (AvgIpc) is 3.31. The Hall–Kier alpha value is -6.63. The maximum absolute atomic E-state index is 13.8. The van der Waals surface area contributed by atoms with E-state index in [1.54, 1.807) is 27.7 Å². The van der Waals surface area contributed by atoms with Crippen LogP contribution in [0.1, 0.15) is 164 Å². The Balaban J connectivity index is 5.77. The van der Waals surface area contributed by atoms with E-state index in [2.05, 4.69) is 69.1 Å². The topological polar surface area (TPSA) is 379 Å². The number of alkyl carbamates (subject to hydrolysis) is 1. The molecule has 14 amide bonds. The van der Waals surface area contributed by atoms with E-state index in [0.29, 0.717) is 6.42 Å². The van der Waals surface area contributed by atoms with Gasteiger partial charge >= 0.3 is 24.2 Å². The van der Waals surface area contributed by atoms with Gasteiger partial charge in [0.05, 0.1) is 0 Å². The van der Waals surface area contributed by atoms with Crippen LogP contribution in [0.3, 0.4) is 0 Å². The molecule has 0 spiro atoms. The monoisotopic (exact) mass is 1150 g/mol. The van der Waals surface area contributed by atoms with Crippen LogP contribution in [-0.2, 0) is 38.3 Å². The van der Waals surface area contributed by atoms with Gasteiger partial charge in [0, 0.05) is 37.8 Å². The molecule has 0 aliphatic carbocycles. The number of rotatable bonds is 34. The van der Waals surface area contributed by atoms with Crippen LogP contribution in [0.2, 0.25) is 0 Å². The molecule has 81 heavy (non-hydrogen) atoms. The summed E-state index contributed by atoms with van der Waals surface area (Å²) in [5.41, 5.74) is 4.38. The minimum atomic E-state index is -1.20. The molecule has 26 heteroatoms. The van der Waals surface area contributed by atoms with Crippen LogP contribution in [0.25, 0.3) is 0 Å². The average molecular weight is 1150 g/mol. The van der Waals surface area contributed by atoms with Crippen molar-refractivity contribution >= 4 is 65.5 Å². The molecule has 0 aromatic rings. The Labute approximate surface area is 481 Å². The Morgan fingerprint density at radius 1 is 0.370 bits per heavy atom. The van der Waals surface area contributed by atoms with Gasteiger partial charge in [-0.15, -0.1) is 0 Å². The highest BCUT2D eigenvalue weighted by atomic mass is 16.6. The summed E-state index contributed by atoms with van der Waals surface area (Å²) in [7, 11) is 0. The first kappa shape index (κ1) is 74.4. The fraction of sp³-hybridized carbons (Fsp3) is 0.800. The molecule has 0 saturated heterocycles. The van der Waals surface area contributed by atoms with Gasteiger partial charge in [-0.05, 0) is 116 Å². The van der Waals surface area contributed by atoms with Crippen molar-refractivity contribution in [1.29, 1.82) is 0 Å². The summed E-state index contributed by atoms with van der Waals surface area (Å²) < 4.78 is 5.32. The summed E-state index contributed by atoms with van der Waals surface area (Å²) in [5, 5.41) is 35.0. The molecule has 0 aromatic carbocycles. The molecule has 0 fully saturated rings. The zero-order chi connectivity index (χ0) is 62.6. The summed E-state index contributed by atoms with van der Waals surface area (Å²) >= 11 is 0. The van der Waals surface area contributed by atoms with Gasteiger partial charge in [-0.2, -0.15) is 0 Å². The van der Waals surface area contributed by atoms with E-state index in [1.165, 1.54) is 20.8 Å². The number of carbonyl (C=O) groups is 11. The van der Waals surface area contributed by atoms with Crippen molar-refractivity contribution in [3.8, 4) is 0 Å². The van der Waals surface area contributed by atoms with Crippen molar-refractivity contribution in [2.45, 2.75) is 230 Å². The minimum absolute atomic E-state index is 0.00379. The Bertz CT molecular complexity index is 2060. The second kappa shape index (κ2) is 36.7. The molecule has 10 atom stereocenters. The number of ether oxygens (including phenoxy) is 1.